The van der Waals surface area contributed by atoms with Gasteiger partial charge in [-0.2, -0.15) is 5.10 Å². The fourth-order valence-electron chi connectivity index (χ4n) is 2.96. The van der Waals surface area contributed by atoms with Crippen molar-refractivity contribution in [3.8, 4) is 5.75 Å². The first kappa shape index (κ1) is 15.6. The summed E-state index contributed by atoms with van der Waals surface area (Å²) in [7, 11) is 0. The lowest BCUT2D eigenvalue weighted by atomic mass is 9.85. The number of carbonyl (C=O) groups excluding carboxylic acids is 1. The molecule has 1 fully saturated rings. The van der Waals surface area contributed by atoms with E-state index in [1.807, 2.05) is 36.9 Å². The summed E-state index contributed by atoms with van der Waals surface area (Å²) in [6.07, 6.45) is 3.59. The number of amides is 1. The number of aromatic nitrogens is 2. The lowest BCUT2D eigenvalue weighted by Gasteiger charge is -2.32. The SMILES string of the molecule is Cc1cc(C(=O)N(Cc2cccc(C)c2O)CC2CCC2)[nH]n1. The quantitative estimate of drug-likeness (QED) is 0.891. The maximum atomic E-state index is 12.8. The maximum absolute atomic E-state index is 12.8. The minimum atomic E-state index is -0.0570. The van der Waals surface area contributed by atoms with E-state index in [1.165, 1.54) is 19.3 Å². The lowest BCUT2D eigenvalue weighted by Crippen LogP contribution is -2.37. The Hall–Kier alpha value is -2.30. The van der Waals surface area contributed by atoms with Gasteiger partial charge in [-0.15, -0.1) is 0 Å². The third-order valence-corrected chi connectivity index (χ3v) is 4.61. The fourth-order valence-corrected chi connectivity index (χ4v) is 2.96. The summed E-state index contributed by atoms with van der Waals surface area (Å²) >= 11 is 0. The molecule has 0 atom stereocenters. The number of aryl methyl sites for hydroxylation is 2. The van der Waals surface area contributed by atoms with Gasteiger partial charge in [0.1, 0.15) is 11.4 Å². The molecule has 1 heterocycles. The number of para-hydroxylation sites is 1. The van der Waals surface area contributed by atoms with Gasteiger partial charge in [0.25, 0.3) is 5.91 Å². The smallest absolute Gasteiger partial charge is 0.272 e. The second-order valence-corrected chi connectivity index (χ2v) is 6.49. The number of hydrogen-bond acceptors (Lipinski definition) is 3. The van der Waals surface area contributed by atoms with Crippen LogP contribution in [0.4, 0.5) is 0 Å². The molecule has 2 N–H and O–H groups in total. The summed E-state index contributed by atoms with van der Waals surface area (Å²) in [6, 6.07) is 7.43. The number of nitrogens with zero attached hydrogens (tertiary/aromatic N) is 2. The van der Waals surface area contributed by atoms with Crippen LogP contribution in [0.25, 0.3) is 0 Å². The fraction of sp³-hybridized carbons (Fsp3) is 0.444. The van der Waals surface area contributed by atoms with Crippen molar-refractivity contribution in [2.24, 2.45) is 5.92 Å². The minimum Gasteiger partial charge on any atom is -0.507 e. The van der Waals surface area contributed by atoms with Gasteiger partial charge in [0.15, 0.2) is 0 Å². The van der Waals surface area contributed by atoms with Gasteiger partial charge in [0.05, 0.1) is 5.69 Å². The van der Waals surface area contributed by atoms with E-state index in [9.17, 15) is 9.90 Å². The van der Waals surface area contributed by atoms with Crippen molar-refractivity contribution in [1.29, 1.82) is 0 Å². The van der Waals surface area contributed by atoms with Crippen LogP contribution >= 0.6 is 0 Å². The number of aromatic amines is 1. The first-order valence-corrected chi connectivity index (χ1v) is 8.13. The van der Waals surface area contributed by atoms with Crippen LogP contribution in [-0.2, 0) is 6.54 Å². The van der Waals surface area contributed by atoms with E-state index < -0.39 is 0 Å². The Kier molecular flexibility index (Phi) is 4.37. The highest BCUT2D eigenvalue weighted by atomic mass is 16.3. The van der Waals surface area contributed by atoms with Gasteiger partial charge in [-0.3, -0.25) is 9.89 Å². The first-order valence-electron chi connectivity index (χ1n) is 8.13. The molecule has 122 valence electrons. The van der Waals surface area contributed by atoms with Crippen LogP contribution in [0.3, 0.4) is 0 Å². The molecule has 1 amide bonds. The molecule has 1 aliphatic rings. The van der Waals surface area contributed by atoms with Gasteiger partial charge in [-0.25, -0.2) is 0 Å². The zero-order chi connectivity index (χ0) is 16.4. The van der Waals surface area contributed by atoms with E-state index in [0.29, 0.717) is 18.2 Å². The van der Waals surface area contributed by atoms with Crippen LogP contribution in [0.5, 0.6) is 5.75 Å². The van der Waals surface area contributed by atoms with Crippen LogP contribution in [0.1, 0.15) is 46.6 Å². The largest absolute Gasteiger partial charge is 0.507 e. The van der Waals surface area contributed by atoms with Gasteiger partial charge in [0, 0.05) is 18.7 Å². The van der Waals surface area contributed by atoms with E-state index in [2.05, 4.69) is 10.2 Å². The molecular formula is C18H23N3O2. The number of aromatic hydroxyl groups is 1. The van der Waals surface area contributed by atoms with E-state index in [1.54, 1.807) is 6.07 Å². The molecule has 1 aromatic carbocycles. The van der Waals surface area contributed by atoms with Crippen molar-refractivity contribution in [1.82, 2.24) is 15.1 Å². The highest BCUT2D eigenvalue weighted by molar-refractivity contribution is 5.92. The molecular weight excluding hydrogens is 290 g/mol. The second kappa shape index (κ2) is 6.44. The molecule has 0 bridgehead atoms. The number of hydrogen-bond donors (Lipinski definition) is 2. The summed E-state index contributed by atoms with van der Waals surface area (Å²) in [6.45, 7) is 4.87. The minimum absolute atomic E-state index is 0.0570. The molecule has 0 spiro atoms. The predicted octanol–water partition coefficient (Wildman–Crippen LogP) is 3.17. The highest BCUT2D eigenvalue weighted by Gasteiger charge is 2.26. The van der Waals surface area contributed by atoms with E-state index in [-0.39, 0.29) is 11.7 Å². The lowest BCUT2D eigenvalue weighted by molar-refractivity contribution is 0.0672. The standard InChI is InChI=1S/C18H23N3O2/c1-12-5-3-8-15(17(12)22)11-21(10-14-6-4-7-14)18(23)16-9-13(2)19-20-16/h3,5,8-9,14,22H,4,6-7,10-11H2,1-2H3,(H,19,20). The Bertz CT molecular complexity index is 704. The molecule has 5 heteroatoms. The number of phenolic OH excluding ortho intramolecular Hbond substituents is 1. The molecule has 1 aromatic heterocycles. The normalized spacial score (nSPS) is 14.5. The van der Waals surface area contributed by atoms with Gasteiger partial charge in [-0.05, 0) is 44.2 Å². The Morgan fingerprint density at radius 2 is 2.17 bits per heavy atom. The Labute approximate surface area is 136 Å². The summed E-state index contributed by atoms with van der Waals surface area (Å²) in [5.41, 5.74) is 2.93. The summed E-state index contributed by atoms with van der Waals surface area (Å²) in [4.78, 5) is 14.6. The molecule has 1 saturated carbocycles. The van der Waals surface area contributed by atoms with E-state index in [4.69, 9.17) is 0 Å². The molecule has 3 rings (SSSR count). The predicted molar refractivity (Wildman–Crippen MR) is 88.3 cm³/mol. The summed E-state index contributed by atoms with van der Waals surface area (Å²) in [5.74, 6) is 0.785. The van der Waals surface area contributed by atoms with Crippen molar-refractivity contribution < 1.29 is 9.90 Å². The van der Waals surface area contributed by atoms with Crippen LogP contribution in [0.2, 0.25) is 0 Å². The maximum Gasteiger partial charge on any atom is 0.272 e. The summed E-state index contributed by atoms with van der Waals surface area (Å²) in [5, 5.41) is 17.1. The van der Waals surface area contributed by atoms with Crippen molar-refractivity contribution in [2.75, 3.05) is 6.54 Å². The zero-order valence-electron chi connectivity index (χ0n) is 13.7. The second-order valence-electron chi connectivity index (χ2n) is 6.49. The molecule has 23 heavy (non-hydrogen) atoms. The van der Waals surface area contributed by atoms with Crippen LogP contribution in [0.15, 0.2) is 24.3 Å². The third kappa shape index (κ3) is 3.38. The van der Waals surface area contributed by atoms with Crippen LogP contribution in [0, 0.1) is 19.8 Å². The number of H-pyrrole nitrogens is 1. The molecule has 5 nitrogen and oxygen atoms in total. The molecule has 1 aliphatic carbocycles. The Morgan fingerprint density at radius 1 is 1.39 bits per heavy atom. The zero-order valence-corrected chi connectivity index (χ0v) is 13.7. The molecule has 2 aromatic rings. The van der Waals surface area contributed by atoms with Crippen LogP contribution in [-0.4, -0.2) is 32.7 Å². The van der Waals surface area contributed by atoms with Crippen molar-refractivity contribution in [2.45, 2.75) is 39.7 Å². The first-order chi connectivity index (χ1) is 11.0. The molecule has 0 unspecified atom stereocenters. The van der Waals surface area contributed by atoms with Crippen molar-refractivity contribution in [3.05, 3.63) is 46.8 Å². The number of phenols is 1. The molecule has 0 aliphatic heterocycles. The van der Waals surface area contributed by atoms with Gasteiger partial charge in [-0.1, -0.05) is 24.6 Å². The average Bonchev–Trinajstić information content (AvgIpc) is 2.91. The van der Waals surface area contributed by atoms with Gasteiger partial charge in [0.2, 0.25) is 0 Å². The topological polar surface area (TPSA) is 69.2 Å². The third-order valence-electron chi connectivity index (χ3n) is 4.61. The number of rotatable bonds is 5. The average molecular weight is 313 g/mol. The highest BCUT2D eigenvalue weighted by Crippen LogP contribution is 2.29. The monoisotopic (exact) mass is 313 g/mol. The number of carbonyl (C=O) groups is 1. The Morgan fingerprint density at radius 3 is 2.78 bits per heavy atom. The number of benzene rings is 1. The number of nitrogens with one attached hydrogen (secondary N) is 1. The van der Waals surface area contributed by atoms with Crippen molar-refractivity contribution in [3.63, 3.8) is 0 Å². The van der Waals surface area contributed by atoms with E-state index in [0.717, 1.165) is 23.4 Å². The van der Waals surface area contributed by atoms with Gasteiger partial charge < -0.3 is 10.0 Å². The molecule has 0 saturated heterocycles. The van der Waals surface area contributed by atoms with Crippen molar-refractivity contribution >= 4 is 5.91 Å². The summed E-state index contributed by atoms with van der Waals surface area (Å²) < 4.78 is 0. The van der Waals surface area contributed by atoms with E-state index >= 15 is 0 Å². The molecule has 0 radical (unpaired) electrons. The van der Waals surface area contributed by atoms with Crippen LogP contribution < -0.4 is 0 Å². The Balaban J connectivity index is 1.82. The van der Waals surface area contributed by atoms with Gasteiger partial charge >= 0.3 is 0 Å².